The molecule has 0 aliphatic carbocycles. The lowest BCUT2D eigenvalue weighted by atomic mass is 10.0. The van der Waals surface area contributed by atoms with E-state index in [9.17, 15) is 13.2 Å². The summed E-state index contributed by atoms with van der Waals surface area (Å²) in [5, 5.41) is 5.92. The molecule has 1 atom stereocenters. The molecule has 1 aliphatic rings. The average molecular weight is 450 g/mol. The minimum Gasteiger partial charge on any atom is -0.457 e. The van der Waals surface area contributed by atoms with E-state index in [1.807, 2.05) is 37.3 Å². The molecular formula is C24H23N3O4S. The van der Waals surface area contributed by atoms with E-state index < -0.39 is 10.0 Å². The van der Waals surface area contributed by atoms with Crippen molar-refractivity contribution in [3.05, 3.63) is 78.9 Å². The molecule has 1 aliphatic heterocycles. The van der Waals surface area contributed by atoms with Crippen molar-refractivity contribution < 1.29 is 17.9 Å². The lowest BCUT2D eigenvalue weighted by molar-refractivity contribution is -0.116. The Morgan fingerprint density at radius 1 is 0.969 bits per heavy atom. The van der Waals surface area contributed by atoms with Crippen LogP contribution in [-0.4, -0.2) is 20.2 Å². The van der Waals surface area contributed by atoms with Gasteiger partial charge in [-0.05, 0) is 54.4 Å². The number of hydrogen-bond acceptors (Lipinski definition) is 5. The Balaban J connectivity index is 1.31. The Morgan fingerprint density at radius 2 is 1.62 bits per heavy atom. The van der Waals surface area contributed by atoms with Gasteiger partial charge in [0.05, 0.1) is 5.69 Å². The van der Waals surface area contributed by atoms with Gasteiger partial charge in [-0.15, -0.1) is 4.40 Å². The van der Waals surface area contributed by atoms with Gasteiger partial charge in [-0.3, -0.25) is 4.79 Å². The van der Waals surface area contributed by atoms with Crippen LogP contribution in [0.5, 0.6) is 11.5 Å². The summed E-state index contributed by atoms with van der Waals surface area (Å²) < 4.78 is 34.3. The molecule has 32 heavy (non-hydrogen) atoms. The summed E-state index contributed by atoms with van der Waals surface area (Å²) in [4.78, 5) is 12.6. The van der Waals surface area contributed by atoms with Crippen molar-refractivity contribution in [3.63, 3.8) is 0 Å². The van der Waals surface area contributed by atoms with Crippen LogP contribution in [-0.2, 0) is 14.8 Å². The summed E-state index contributed by atoms with van der Waals surface area (Å²) in [5.41, 5.74) is 1.17. The molecule has 8 heteroatoms. The van der Waals surface area contributed by atoms with Crippen LogP contribution < -0.4 is 15.4 Å². The van der Waals surface area contributed by atoms with Gasteiger partial charge in [0, 0.05) is 18.5 Å². The van der Waals surface area contributed by atoms with Crippen LogP contribution in [0.15, 0.2) is 88.2 Å². The Kier molecular flexibility index (Phi) is 6.23. The monoisotopic (exact) mass is 449 g/mol. The molecule has 3 aromatic carbocycles. The van der Waals surface area contributed by atoms with Gasteiger partial charge in [-0.2, -0.15) is 8.42 Å². The van der Waals surface area contributed by atoms with Crippen LogP contribution in [0.1, 0.15) is 19.8 Å². The maximum atomic E-state index is 12.4. The molecule has 0 saturated carbocycles. The second kappa shape index (κ2) is 9.23. The number of rotatable bonds is 7. The van der Waals surface area contributed by atoms with Crippen molar-refractivity contribution in [2.45, 2.75) is 24.7 Å². The third-order valence-electron chi connectivity index (χ3n) is 4.87. The fourth-order valence-electron chi connectivity index (χ4n) is 3.42. The second-order valence-corrected chi connectivity index (χ2v) is 9.21. The third-order valence-corrected chi connectivity index (χ3v) is 6.24. The maximum absolute atomic E-state index is 12.4. The van der Waals surface area contributed by atoms with Crippen LogP contribution >= 0.6 is 0 Å². The van der Waals surface area contributed by atoms with Crippen molar-refractivity contribution in [2.24, 2.45) is 10.3 Å². The number of amides is 1. The minimum atomic E-state index is -3.73. The number of carbonyl (C=O) groups is 1. The quantitative estimate of drug-likeness (QED) is 0.526. The summed E-state index contributed by atoms with van der Waals surface area (Å²) in [6.07, 6.45) is 0.565. The number of nitrogens with zero attached hydrogens (tertiary/aromatic N) is 1. The molecule has 4 rings (SSSR count). The van der Waals surface area contributed by atoms with Crippen molar-refractivity contribution >= 4 is 33.1 Å². The molecule has 0 fully saturated rings. The number of para-hydroxylation sites is 2. The third kappa shape index (κ3) is 5.33. The molecule has 0 bridgehead atoms. The van der Waals surface area contributed by atoms with Crippen LogP contribution in [0.2, 0.25) is 0 Å². The van der Waals surface area contributed by atoms with Crippen LogP contribution in [0, 0.1) is 5.92 Å². The van der Waals surface area contributed by atoms with E-state index in [1.54, 1.807) is 42.5 Å². The standard InChI is InChI=1S/C24H23N3O4S/c1-17(15-23-26-21-9-5-6-10-22(21)32(29,30)27-23)16-24(28)25-18-11-13-20(14-12-18)31-19-7-3-2-4-8-19/h2-14,17H,15-16H2,1H3,(H,25,28)(H,26,27)/t17-/m0/s1. The van der Waals surface area contributed by atoms with Crippen molar-refractivity contribution in [1.82, 2.24) is 0 Å². The normalized spacial score (nSPS) is 15.0. The molecule has 1 amide bonds. The van der Waals surface area contributed by atoms with Crippen LogP contribution in [0.4, 0.5) is 11.4 Å². The molecule has 0 saturated heterocycles. The van der Waals surface area contributed by atoms with E-state index >= 15 is 0 Å². The number of amidine groups is 1. The molecule has 0 aromatic heterocycles. The van der Waals surface area contributed by atoms with Gasteiger partial charge >= 0.3 is 0 Å². The zero-order valence-electron chi connectivity index (χ0n) is 17.5. The van der Waals surface area contributed by atoms with Crippen molar-refractivity contribution in [1.29, 1.82) is 0 Å². The molecule has 0 radical (unpaired) electrons. The van der Waals surface area contributed by atoms with E-state index in [-0.39, 0.29) is 23.1 Å². The van der Waals surface area contributed by atoms with Gasteiger partial charge in [0.25, 0.3) is 10.0 Å². The molecule has 0 spiro atoms. The van der Waals surface area contributed by atoms with E-state index in [1.165, 1.54) is 6.07 Å². The number of anilines is 2. The second-order valence-electron chi connectivity index (χ2n) is 7.64. The number of fused-ring (bicyclic) bond motifs is 1. The highest BCUT2D eigenvalue weighted by Crippen LogP contribution is 2.28. The first-order valence-electron chi connectivity index (χ1n) is 10.2. The maximum Gasteiger partial charge on any atom is 0.286 e. The molecular weight excluding hydrogens is 426 g/mol. The number of nitrogens with one attached hydrogen (secondary N) is 2. The summed E-state index contributed by atoms with van der Waals surface area (Å²) in [5.74, 6) is 1.48. The predicted octanol–water partition coefficient (Wildman–Crippen LogP) is 5.05. The SMILES string of the molecule is C[C@H](CC(=O)Nc1ccc(Oc2ccccc2)cc1)CC1=NS(=O)(=O)c2ccccc2N1. The van der Waals surface area contributed by atoms with Gasteiger partial charge in [-0.25, -0.2) is 0 Å². The highest BCUT2D eigenvalue weighted by atomic mass is 32.2. The minimum absolute atomic E-state index is 0.109. The van der Waals surface area contributed by atoms with Gasteiger partial charge < -0.3 is 15.4 Å². The molecule has 164 valence electrons. The zero-order valence-corrected chi connectivity index (χ0v) is 18.3. The van der Waals surface area contributed by atoms with Crippen LogP contribution in [0.3, 0.4) is 0 Å². The highest BCUT2D eigenvalue weighted by molar-refractivity contribution is 7.90. The highest BCUT2D eigenvalue weighted by Gasteiger charge is 2.25. The fourth-order valence-corrected chi connectivity index (χ4v) is 4.57. The number of sulfonamides is 1. The number of hydrogen-bond donors (Lipinski definition) is 2. The van der Waals surface area contributed by atoms with Gasteiger partial charge in [0.1, 0.15) is 22.2 Å². The molecule has 0 unspecified atom stereocenters. The molecule has 3 aromatic rings. The summed E-state index contributed by atoms with van der Waals surface area (Å²) in [6.45, 7) is 1.88. The summed E-state index contributed by atoms with van der Waals surface area (Å²) in [6, 6.07) is 23.2. The lowest BCUT2D eigenvalue weighted by Crippen LogP contribution is -2.25. The van der Waals surface area contributed by atoms with E-state index in [0.29, 0.717) is 29.4 Å². The van der Waals surface area contributed by atoms with E-state index in [0.717, 1.165) is 5.75 Å². The molecule has 2 N–H and O–H groups in total. The first-order valence-corrected chi connectivity index (χ1v) is 11.7. The average Bonchev–Trinajstić information content (AvgIpc) is 2.75. The zero-order chi connectivity index (χ0) is 22.6. The smallest absolute Gasteiger partial charge is 0.286 e. The summed E-state index contributed by atoms with van der Waals surface area (Å²) >= 11 is 0. The molecule has 1 heterocycles. The van der Waals surface area contributed by atoms with Gasteiger partial charge in [0.2, 0.25) is 5.91 Å². The van der Waals surface area contributed by atoms with Gasteiger partial charge in [0.15, 0.2) is 0 Å². The Morgan fingerprint density at radius 3 is 2.38 bits per heavy atom. The number of benzene rings is 3. The number of carbonyl (C=O) groups excluding carboxylic acids is 1. The fraction of sp³-hybridized carbons (Fsp3) is 0.167. The predicted molar refractivity (Wildman–Crippen MR) is 125 cm³/mol. The Bertz CT molecular complexity index is 1240. The summed E-state index contributed by atoms with van der Waals surface area (Å²) in [7, 11) is -3.73. The Hall–Kier alpha value is -3.65. The number of ether oxygens (including phenoxy) is 1. The first-order chi connectivity index (χ1) is 15.4. The van der Waals surface area contributed by atoms with E-state index in [4.69, 9.17) is 4.74 Å². The largest absolute Gasteiger partial charge is 0.457 e. The van der Waals surface area contributed by atoms with Crippen LogP contribution in [0.25, 0.3) is 0 Å². The lowest BCUT2D eigenvalue weighted by Gasteiger charge is -2.20. The Labute approximate surface area is 187 Å². The first kappa shape index (κ1) is 21.6. The topological polar surface area (TPSA) is 96.9 Å². The molecule has 7 nitrogen and oxygen atoms in total. The van der Waals surface area contributed by atoms with Crippen molar-refractivity contribution in [2.75, 3.05) is 10.6 Å². The van der Waals surface area contributed by atoms with Crippen molar-refractivity contribution in [3.8, 4) is 11.5 Å². The van der Waals surface area contributed by atoms with E-state index in [2.05, 4.69) is 15.0 Å². The van der Waals surface area contributed by atoms with Gasteiger partial charge in [-0.1, -0.05) is 37.3 Å².